The van der Waals surface area contributed by atoms with Crippen molar-refractivity contribution in [2.24, 2.45) is 0 Å². The van der Waals surface area contributed by atoms with Gasteiger partial charge in [0.05, 0.1) is 0 Å². The van der Waals surface area contributed by atoms with Crippen LogP contribution in [-0.2, 0) is 11.6 Å². The lowest BCUT2D eigenvalue weighted by molar-refractivity contribution is 0.630. The summed E-state index contributed by atoms with van der Waals surface area (Å²) in [4.78, 5) is 0. The van der Waals surface area contributed by atoms with E-state index in [1.54, 1.807) is 0 Å². The molecule has 0 N–H and O–H groups in total. The molecule has 48 valence electrons. The van der Waals surface area contributed by atoms with Crippen LogP contribution in [0.3, 0.4) is 0 Å². The average molecular weight is 142 g/mol. The molecule has 2 rings (SSSR count). The zero-order valence-electron chi connectivity index (χ0n) is 4.63. The molecule has 2 nitrogen and oxygen atoms in total. The molecular formula is C6H6O2S. The van der Waals surface area contributed by atoms with Crippen LogP contribution >= 0.6 is 0 Å². The van der Waals surface area contributed by atoms with E-state index >= 15 is 0 Å². The van der Waals surface area contributed by atoms with Crippen molar-refractivity contribution in [1.82, 2.24) is 0 Å². The summed E-state index contributed by atoms with van der Waals surface area (Å²) in [7, 11) is 0. The highest BCUT2D eigenvalue weighted by Gasteiger charge is 2.06. The second kappa shape index (κ2) is 2.64. The summed E-state index contributed by atoms with van der Waals surface area (Å²) >= 11 is -1.42. The molecule has 3 heteroatoms. The molecule has 0 fully saturated rings. The molecule has 0 radical (unpaired) electrons. The lowest BCUT2D eigenvalue weighted by Crippen LogP contribution is -1.23. The van der Waals surface area contributed by atoms with Gasteiger partial charge in [0.2, 0.25) is 0 Å². The normalized spacial score (nSPS) is 9.33. The molecule has 0 saturated heterocycles. The topological polar surface area (TPSA) is 34.1 Å². The van der Waals surface area contributed by atoms with Crippen molar-refractivity contribution in [2.75, 3.05) is 0 Å². The Labute approximate surface area is 56.1 Å². The van der Waals surface area contributed by atoms with Gasteiger partial charge in [-0.2, -0.15) is 0 Å². The largest absolute Gasteiger partial charge is 0.235 e. The molecule has 0 bridgehead atoms. The SMILES string of the molecule is O=[SH2]=O.c1cc2cc-2c1. The highest BCUT2D eigenvalue weighted by atomic mass is 32.1. The summed E-state index contributed by atoms with van der Waals surface area (Å²) in [5.41, 5.74) is 2.85. The van der Waals surface area contributed by atoms with Crippen molar-refractivity contribution in [2.45, 2.75) is 0 Å². The molecule has 2 aliphatic carbocycles. The summed E-state index contributed by atoms with van der Waals surface area (Å²) < 4.78 is 16.8. The molecule has 0 saturated carbocycles. The molecule has 0 spiro atoms. The van der Waals surface area contributed by atoms with Gasteiger partial charge in [0, 0.05) is 0 Å². The van der Waals surface area contributed by atoms with Gasteiger partial charge in [-0.25, -0.2) is 8.42 Å². The van der Waals surface area contributed by atoms with Gasteiger partial charge in [-0.05, 0) is 17.2 Å². The van der Waals surface area contributed by atoms with Gasteiger partial charge in [0.1, 0.15) is 11.6 Å². The van der Waals surface area contributed by atoms with Crippen molar-refractivity contribution in [1.29, 1.82) is 0 Å². The number of rotatable bonds is 0. The van der Waals surface area contributed by atoms with Gasteiger partial charge in [-0.3, -0.25) is 0 Å². The maximum absolute atomic E-state index is 8.40. The lowest BCUT2D eigenvalue weighted by atomic mass is 10.6. The summed E-state index contributed by atoms with van der Waals surface area (Å²) in [6.45, 7) is 0. The quantitative estimate of drug-likeness (QED) is 0.535. The first-order chi connectivity index (χ1) is 4.38. The van der Waals surface area contributed by atoms with Gasteiger partial charge in [-0.1, -0.05) is 18.2 Å². The molecular weight excluding hydrogens is 136 g/mol. The zero-order valence-corrected chi connectivity index (χ0v) is 5.63. The van der Waals surface area contributed by atoms with E-state index in [1.165, 1.54) is 11.1 Å². The Morgan fingerprint density at radius 1 is 1.11 bits per heavy atom. The second-order valence-electron chi connectivity index (χ2n) is 1.66. The summed E-state index contributed by atoms with van der Waals surface area (Å²) in [5.74, 6) is 0. The molecule has 0 aliphatic heterocycles. The number of fused-ring (bicyclic) bond motifs is 1. The van der Waals surface area contributed by atoms with Crippen LogP contribution in [0.2, 0.25) is 0 Å². The van der Waals surface area contributed by atoms with Gasteiger partial charge in [0.15, 0.2) is 0 Å². The Hall–Kier alpha value is -0.830. The van der Waals surface area contributed by atoms with Gasteiger partial charge in [0.25, 0.3) is 0 Å². The maximum atomic E-state index is 8.40. The molecule has 0 atom stereocenters. The smallest absolute Gasteiger partial charge is 0.129 e. The van der Waals surface area contributed by atoms with E-state index in [9.17, 15) is 0 Å². The van der Waals surface area contributed by atoms with Gasteiger partial charge in [-0.15, -0.1) is 0 Å². The second-order valence-corrected chi connectivity index (χ2v) is 1.83. The van der Waals surface area contributed by atoms with Crippen molar-refractivity contribution in [3.05, 3.63) is 24.3 Å². The molecule has 0 amide bonds. The predicted octanol–water partition coefficient (Wildman–Crippen LogP) is 0.461. The predicted molar refractivity (Wildman–Crippen MR) is 37.1 cm³/mol. The van der Waals surface area contributed by atoms with Gasteiger partial charge < -0.3 is 0 Å². The van der Waals surface area contributed by atoms with Crippen molar-refractivity contribution in [3.63, 3.8) is 0 Å². The number of hydrogen-bond donors (Lipinski definition) is 0. The molecule has 0 aromatic heterocycles. The van der Waals surface area contributed by atoms with Crippen molar-refractivity contribution in [3.8, 4) is 11.1 Å². The first-order valence-corrected chi connectivity index (χ1v) is 3.30. The van der Waals surface area contributed by atoms with Crippen molar-refractivity contribution >= 4 is 11.6 Å². The minimum absolute atomic E-state index is 1.42. The van der Waals surface area contributed by atoms with E-state index in [0.717, 1.165) is 0 Å². The van der Waals surface area contributed by atoms with Crippen LogP contribution in [0.5, 0.6) is 0 Å². The Bertz CT molecular complexity index is 234. The fraction of sp³-hybridized carbons (Fsp3) is 0. The van der Waals surface area contributed by atoms with E-state index < -0.39 is 11.6 Å². The van der Waals surface area contributed by atoms with Crippen LogP contribution in [0.25, 0.3) is 11.1 Å². The van der Waals surface area contributed by atoms with E-state index in [2.05, 4.69) is 24.3 Å². The summed E-state index contributed by atoms with van der Waals surface area (Å²) in [6.07, 6.45) is 0. The summed E-state index contributed by atoms with van der Waals surface area (Å²) in [5, 5.41) is 0. The molecule has 2 aliphatic rings. The molecule has 0 unspecified atom stereocenters. The molecule has 0 heterocycles. The van der Waals surface area contributed by atoms with Crippen LogP contribution in [0.15, 0.2) is 24.3 Å². The number of benzene rings is 1. The highest BCUT2D eigenvalue weighted by molar-refractivity contribution is 7.51. The Balaban J connectivity index is 0.000000120. The van der Waals surface area contributed by atoms with Crippen LogP contribution in [0, 0.1) is 0 Å². The third kappa shape index (κ3) is 1.54. The zero-order chi connectivity index (χ0) is 6.69. The third-order valence-corrected chi connectivity index (χ3v) is 1.11. The molecule has 0 aromatic rings. The first-order valence-electron chi connectivity index (χ1n) is 2.48. The first kappa shape index (κ1) is 6.29. The Morgan fingerprint density at radius 3 is 1.67 bits per heavy atom. The maximum Gasteiger partial charge on any atom is 0.129 e. The fourth-order valence-electron chi connectivity index (χ4n) is 0.676. The lowest BCUT2D eigenvalue weighted by Gasteiger charge is -1.48. The Kier molecular flexibility index (Phi) is 1.85. The van der Waals surface area contributed by atoms with E-state index in [0.29, 0.717) is 0 Å². The summed E-state index contributed by atoms with van der Waals surface area (Å²) in [6, 6.07) is 8.48. The fourth-order valence-corrected chi connectivity index (χ4v) is 0.676. The van der Waals surface area contributed by atoms with Gasteiger partial charge >= 0.3 is 0 Å². The van der Waals surface area contributed by atoms with E-state index in [1.807, 2.05) is 0 Å². The monoisotopic (exact) mass is 142 g/mol. The van der Waals surface area contributed by atoms with Crippen LogP contribution < -0.4 is 0 Å². The number of hydrogen-bond acceptors (Lipinski definition) is 2. The van der Waals surface area contributed by atoms with E-state index in [4.69, 9.17) is 8.42 Å². The molecule has 9 heavy (non-hydrogen) atoms. The van der Waals surface area contributed by atoms with E-state index in [-0.39, 0.29) is 0 Å². The van der Waals surface area contributed by atoms with Crippen LogP contribution in [0.4, 0.5) is 0 Å². The minimum Gasteiger partial charge on any atom is -0.235 e. The minimum atomic E-state index is -1.42. The Morgan fingerprint density at radius 2 is 1.56 bits per heavy atom. The highest BCUT2D eigenvalue weighted by Crippen LogP contribution is 2.32. The average Bonchev–Trinajstić information content (AvgIpc) is 2.43. The third-order valence-electron chi connectivity index (χ3n) is 1.11. The van der Waals surface area contributed by atoms with Crippen LogP contribution in [-0.4, -0.2) is 8.42 Å². The molecule has 0 aromatic carbocycles. The van der Waals surface area contributed by atoms with Crippen molar-refractivity contribution < 1.29 is 8.42 Å². The standard InChI is InChI=1S/C6H4.H2O2S/c1-2-5-4-6(5)3-1;1-3-2/h1-4H;3H2. The van der Waals surface area contributed by atoms with Crippen LogP contribution in [0.1, 0.15) is 0 Å².